The first-order chi connectivity index (χ1) is 16.0. The normalized spacial score (nSPS) is 10.6. The zero-order chi connectivity index (χ0) is 23.2. The second-order valence-electron chi connectivity index (χ2n) is 7.58. The van der Waals surface area contributed by atoms with E-state index in [2.05, 4.69) is 31.7 Å². The van der Waals surface area contributed by atoms with Crippen LogP contribution in [0.3, 0.4) is 0 Å². The molecule has 4 aromatic rings. The van der Waals surface area contributed by atoms with E-state index in [1.165, 1.54) is 0 Å². The number of hydrogen-bond donors (Lipinski definition) is 1. The van der Waals surface area contributed by atoms with Crippen molar-refractivity contribution in [3.8, 4) is 17.7 Å². The molecule has 0 amide bonds. The topological polar surface area (TPSA) is 102 Å². The van der Waals surface area contributed by atoms with E-state index in [0.29, 0.717) is 47.7 Å². The highest BCUT2D eigenvalue weighted by Gasteiger charge is 2.10. The Morgan fingerprint density at radius 1 is 1.12 bits per heavy atom. The van der Waals surface area contributed by atoms with Gasteiger partial charge in [0.1, 0.15) is 5.75 Å². The van der Waals surface area contributed by atoms with Gasteiger partial charge in [0.05, 0.1) is 23.9 Å². The number of nitrogens with zero attached hydrogens (tertiary/aromatic N) is 6. The Bertz CT molecular complexity index is 1270. The number of nitriles is 1. The number of hydrogen-bond acceptors (Lipinski definition) is 7. The first-order valence-electron chi connectivity index (χ1n) is 10.4. The minimum absolute atomic E-state index is 0.428. The number of ether oxygens (including phenoxy) is 1. The van der Waals surface area contributed by atoms with Crippen molar-refractivity contribution in [1.82, 2.24) is 25.0 Å². The number of halogens is 1. The lowest BCUT2D eigenvalue weighted by Gasteiger charge is -2.12. The number of aryl methyl sites for hydroxylation is 2. The lowest BCUT2D eigenvalue weighted by molar-refractivity contribution is 0.455. The van der Waals surface area contributed by atoms with Gasteiger partial charge in [-0.15, -0.1) is 5.10 Å². The fraction of sp³-hybridized carbons (Fsp3) is 0.208. The predicted octanol–water partition coefficient (Wildman–Crippen LogP) is 4.71. The van der Waals surface area contributed by atoms with Crippen molar-refractivity contribution in [3.63, 3.8) is 0 Å². The lowest BCUT2D eigenvalue weighted by atomic mass is 10.1. The molecule has 0 saturated carbocycles. The molecule has 0 saturated heterocycles. The van der Waals surface area contributed by atoms with Gasteiger partial charge in [-0.25, -0.2) is 9.67 Å². The summed E-state index contributed by atoms with van der Waals surface area (Å²) < 4.78 is 7.77. The maximum atomic E-state index is 9.11. The van der Waals surface area contributed by atoms with Gasteiger partial charge in [0.2, 0.25) is 11.8 Å². The highest BCUT2D eigenvalue weighted by atomic mass is 35.5. The standard InChI is InChI=1S/C24H22ClN7O/c1-16-11-19(13-26)12-17(2)23(16)33-22-8-10-28-24(29-22)27-9-7-21-15-32(31-30-21)14-18-3-5-20(25)6-4-18/h3-6,8,10-12,15H,7,9,14H2,1-2H3,(H,27,28,29). The quantitative estimate of drug-likeness (QED) is 0.407. The molecular formula is C24H22ClN7O. The molecule has 0 radical (unpaired) electrons. The third kappa shape index (κ3) is 5.84. The van der Waals surface area contributed by atoms with Gasteiger partial charge in [-0.05, 0) is 54.8 Å². The Kier molecular flexibility index (Phi) is 6.81. The molecule has 0 unspecified atom stereocenters. The molecule has 0 atom stereocenters. The van der Waals surface area contributed by atoms with Crippen LogP contribution in [0, 0.1) is 25.2 Å². The molecule has 4 rings (SSSR count). The molecule has 1 N–H and O–H groups in total. The monoisotopic (exact) mass is 459 g/mol. The summed E-state index contributed by atoms with van der Waals surface area (Å²) in [4.78, 5) is 8.69. The number of rotatable bonds is 8. The van der Waals surface area contributed by atoms with Crippen LogP contribution in [-0.4, -0.2) is 31.5 Å². The van der Waals surface area contributed by atoms with E-state index in [1.807, 2.05) is 44.3 Å². The molecule has 2 heterocycles. The molecule has 9 heteroatoms. The summed E-state index contributed by atoms with van der Waals surface area (Å²) in [5, 5.41) is 21.4. The average Bonchev–Trinajstić information content (AvgIpc) is 3.25. The Hall–Kier alpha value is -3.96. The van der Waals surface area contributed by atoms with Gasteiger partial charge in [-0.1, -0.05) is 28.9 Å². The highest BCUT2D eigenvalue weighted by molar-refractivity contribution is 6.30. The van der Waals surface area contributed by atoms with E-state index in [4.69, 9.17) is 21.6 Å². The summed E-state index contributed by atoms with van der Waals surface area (Å²) >= 11 is 5.93. The first-order valence-corrected chi connectivity index (χ1v) is 10.8. The number of benzene rings is 2. The Labute approximate surface area is 196 Å². The Balaban J connectivity index is 1.33. The van der Waals surface area contributed by atoms with Gasteiger partial charge in [0.25, 0.3) is 0 Å². The fourth-order valence-corrected chi connectivity index (χ4v) is 3.50. The minimum atomic E-state index is 0.428. The summed E-state index contributed by atoms with van der Waals surface area (Å²) in [5.41, 5.74) is 4.33. The molecule has 33 heavy (non-hydrogen) atoms. The summed E-state index contributed by atoms with van der Waals surface area (Å²) in [6.07, 6.45) is 4.23. The fourth-order valence-electron chi connectivity index (χ4n) is 3.37. The molecule has 166 valence electrons. The summed E-state index contributed by atoms with van der Waals surface area (Å²) in [6, 6.07) is 15.1. The van der Waals surface area contributed by atoms with Gasteiger partial charge in [-0.2, -0.15) is 10.2 Å². The van der Waals surface area contributed by atoms with E-state index < -0.39 is 0 Å². The smallest absolute Gasteiger partial charge is 0.225 e. The molecule has 2 aromatic heterocycles. The molecule has 0 aliphatic heterocycles. The molecule has 2 aromatic carbocycles. The SMILES string of the molecule is Cc1cc(C#N)cc(C)c1Oc1ccnc(NCCc2cn(Cc3ccc(Cl)cc3)nn2)n1. The molecule has 8 nitrogen and oxygen atoms in total. The first kappa shape index (κ1) is 22.2. The largest absolute Gasteiger partial charge is 0.438 e. The van der Waals surface area contributed by atoms with Crippen LogP contribution < -0.4 is 10.1 Å². The zero-order valence-corrected chi connectivity index (χ0v) is 19.0. The molecule has 0 aliphatic rings. The highest BCUT2D eigenvalue weighted by Crippen LogP contribution is 2.29. The molecule has 0 fully saturated rings. The van der Waals surface area contributed by atoms with Crippen LogP contribution >= 0.6 is 11.6 Å². The van der Waals surface area contributed by atoms with Crippen LogP contribution in [0.15, 0.2) is 54.9 Å². The predicted molar refractivity (Wildman–Crippen MR) is 126 cm³/mol. The van der Waals surface area contributed by atoms with E-state index in [9.17, 15) is 0 Å². The second-order valence-corrected chi connectivity index (χ2v) is 8.02. The summed E-state index contributed by atoms with van der Waals surface area (Å²) in [7, 11) is 0. The van der Waals surface area contributed by atoms with Crippen LogP contribution in [0.2, 0.25) is 5.02 Å². The van der Waals surface area contributed by atoms with Gasteiger partial charge in [0.15, 0.2) is 0 Å². The maximum absolute atomic E-state index is 9.11. The van der Waals surface area contributed by atoms with Gasteiger partial charge >= 0.3 is 0 Å². The van der Waals surface area contributed by atoms with Crippen molar-refractivity contribution in [1.29, 1.82) is 5.26 Å². The second kappa shape index (κ2) is 10.1. The zero-order valence-electron chi connectivity index (χ0n) is 18.3. The molecule has 0 bridgehead atoms. The van der Waals surface area contributed by atoms with Gasteiger partial charge < -0.3 is 10.1 Å². The minimum Gasteiger partial charge on any atom is -0.438 e. The van der Waals surface area contributed by atoms with Crippen molar-refractivity contribution in [3.05, 3.63) is 87.8 Å². The van der Waals surface area contributed by atoms with Crippen LogP contribution in [0.1, 0.15) is 27.9 Å². The number of aromatic nitrogens is 5. The van der Waals surface area contributed by atoms with Gasteiger partial charge in [0, 0.05) is 36.4 Å². The lowest BCUT2D eigenvalue weighted by Crippen LogP contribution is -2.08. The van der Waals surface area contributed by atoms with Crippen LogP contribution in [0.25, 0.3) is 0 Å². The van der Waals surface area contributed by atoms with Gasteiger partial charge in [-0.3, -0.25) is 0 Å². The average molecular weight is 460 g/mol. The molecule has 0 spiro atoms. The van der Waals surface area contributed by atoms with E-state index in [1.54, 1.807) is 29.1 Å². The van der Waals surface area contributed by atoms with Crippen LogP contribution in [-0.2, 0) is 13.0 Å². The van der Waals surface area contributed by atoms with Crippen molar-refractivity contribution in [2.45, 2.75) is 26.8 Å². The van der Waals surface area contributed by atoms with Crippen molar-refractivity contribution >= 4 is 17.5 Å². The van der Waals surface area contributed by atoms with E-state index in [-0.39, 0.29) is 0 Å². The number of nitrogens with one attached hydrogen (secondary N) is 1. The van der Waals surface area contributed by atoms with Crippen molar-refractivity contribution in [2.24, 2.45) is 0 Å². The Morgan fingerprint density at radius 2 is 1.88 bits per heavy atom. The third-order valence-corrected chi connectivity index (χ3v) is 5.19. The Morgan fingerprint density at radius 3 is 2.61 bits per heavy atom. The summed E-state index contributed by atoms with van der Waals surface area (Å²) in [6.45, 7) is 5.04. The van der Waals surface area contributed by atoms with Crippen molar-refractivity contribution < 1.29 is 4.74 Å². The maximum Gasteiger partial charge on any atom is 0.225 e. The third-order valence-electron chi connectivity index (χ3n) is 4.93. The molecular weight excluding hydrogens is 438 g/mol. The van der Waals surface area contributed by atoms with E-state index in [0.717, 1.165) is 22.4 Å². The summed E-state index contributed by atoms with van der Waals surface area (Å²) in [5.74, 6) is 1.58. The van der Waals surface area contributed by atoms with Crippen molar-refractivity contribution in [2.75, 3.05) is 11.9 Å². The molecule has 0 aliphatic carbocycles. The van der Waals surface area contributed by atoms with E-state index >= 15 is 0 Å². The van der Waals surface area contributed by atoms with Crippen LogP contribution in [0.4, 0.5) is 5.95 Å². The number of anilines is 1. The van der Waals surface area contributed by atoms with Crippen LogP contribution in [0.5, 0.6) is 11.6 Å².